The molecule has 0 aliphatic heterocycles. The fraction of sp³-hybridized carbons (Fsp3) is 0.240. The summed E-state index contributed by atoms with van der Waals surface area (Å²) in [5.74, 6) is -0.334. The second kappa shape index (κ2) is 11.3. The minimum absolute atomic E-state index is 0.182. The quantitative estimate of drug-likeness (QED) is 0.444. The van der Waals surface area contributed by atoms with Crippen LogP contribution in [-0.2, 0) is 21.2 Å². The number of hydrogen-bond acceptors (Lipinski definition) is 4. The monoisotopic (exact) mass is 468 g/mol. The summed E-state index contributed by atoms with van der Waals surface area (Å²) < 4.78 is 27.8. The molecule has 3 rings (SSSR count). The van der Waals surface area contributed by atoms with Crippen LogP contribution in [-0.4, -0.2) is 38.0 Å². The first-order valence-corrected chi connectivity index (χ1v) is 13.1. The van der Waals surface area contributed by atoms with Crippen LogP contribution in [0.3, 0.4) is 0 Å². The standard InChI is InChI=1S/C25H28N2O3S2/c1-20(22-13-15-23(31-2)16-14-22)26-25(28)19-27(18-17-21-9-5-3-6-10-21)32(29,30)24-11-7-4-8-12-24/h3-16,20H,17-19H2,1-2H3,(H,26,28). The fourth-order valence-corrected chi connectivity index (χ4v) is 5.17. The highest BCUT2D eigenvalue weighted by Crippen LogP contribution is 2.20. The van der Waals surface area contributed by atoms with E-state index in [4.69, 9.17) is 0 Å². The van der Waals surface area contributed by atoms with Crippen molar-refractivity contribution >= 4 is 27.7 Å². The van der Waals surface area contributed by atoms with E-state index in [0.29, 0.717) is 6.42 Å². The molecule has 0 heterocycles. The van der Waals surface area contributed by atoms with E-state index in [-0.39, 0.29) is 29.9 Å². The molecular formula is C25H28N2O3S2. The van der Waals surface area contributed by atoms with Gasteiger partial charge in [-0.2, -0.15) is 4.31 Å². The van der Waals surface area contributed by atoms with E-state index in [9.17, 15) is 13.2 Å². The lowest BCUT2D eigenvalue weighted by Crippen LogP contribution is -2.42. The van der Waals surface area contributed by atoms with Crippen molar-refractivity contribution in [1.29, 1.82) is 0 Å². The third kappa shape index (κ3) is 6.45. The summed E-state index contributed by atoms with van der Waals surface area (Å²) >= 11 is 1.66. The molecule has 168 valence electrons. The number of carbonyl (C=O) groups excluding carboxylic acids is 1. The summed E-state index contributed by atoms with van der Waals surface area (Å²) in [6.07, 6.45) is 2.53. The lowest BCUT2D eigenvalue weighted by atomic mass is 10.1. The Kier molecular flexibility index (Phi) is 8.50. The van der Waals surface area contributed by atoms with Crippen LogP contribution in [0.5, 0.6) is 0 Å². The fourth-order valence-electron chi connectivity index (χ4n) is 3.35. The first kappa shape index (κ1) is 24.0. The van der Waals surface area contributed by atoms with Crippen LogP contribution in [0.1, 0.15) is 24.1 Å². The maximum Gasteiger partial charge on any atom is 0.243 e. The predicted octanol–water partition coefficient (Wildman–Crippen LogP) is 4.52. The first-order chi connectivity index (χ1) is 15.4. The molecular weight excluding hydrogens is 440 g/mol. The van der Waals surface area contributed by atoms with Gasteiger partial charge in [0.1, 0.15) is 0 Å². The topological polar surface area (TPSA) is 66.5 Å². The highest BCUT2D eigenvalue weighted by Gasteiger charge is 2.26. The predicted molar refractivity (Wildman–Crippen MR) is 130 cm³/mol. The van der Waals surface area contributed by atoms with Gasteiger partial charge in [0, 0.05) is 11.4 Å². The summed E-state index contributed by atoms with van der Waals surface area (Å²) in [6, 6.07) is 25.6. The van der Waals surface area contributed by atoms with Gasteiger partial charge in [-0.15, -0.1) is 11.8 Å². The Labute approximate surface area is 194 Å². The lowest BCUT2D eigenvalue weighted by molar-refractivity contribution is -0.121. The Balaban J connectivity index is 1.74. The lowest BCUT2D eigenvalue weighted by Gasteiger charge is -2.23. The maximum atomic E-state index is 13.3. The van der Waals surface area contributed by atoms with Gasteiger partial charge in [-0.05, 0) is 55.0 Å². The van der Waals surface area contributed by atoms with E-state index in [1.165, 1.54) is 4.31 Å². The van der Waals surface area contributed by atoms with Crippen LogP contribution in [0, 0.1) is 0 Å². The molecule has 1 atom stereocenters. The van der Waals surface area contributed by atoms with E-state index in [1.807, 2.05) is 67.8 Å². The Bertz CT molecular complexity index is 1100. The van der Waals surface area contributed by atoms with Crippen LogP contribution < -0.4 is 5.32 Å². The molecule has 7 heteroatoms. The Morgan fingerprint density at radius 1 is 0.938 bits per heavy atom. The SMILES string of the molecule is CSc1ccc(C(C)NC(=O)CN(CCc2ccccc2)S(=O)(=O)c2ccccc2)cc1. The van der Waals surface area contributed by atoms with Gasteiger partial charge >= 0.3 is 0 Å². The highest BCUT2D eigenvalue weighted by molar-refractivity contribution is 7.98. The number of sulfonamides is 1. The molecule has 5 nitrogen and oxygen atoms in total. The van der Waals surface area contributed by atoms with E-state index < -0.39 is 10.0 Å². The van der Waals surface area contributed by atoms with Crippen molar-refractivity contribution in [2.45, 2.75) is 29.2 Å². The van der Waals surface area contributed by atoms with Gasteiger partial charge < -0.3 is 5.32 Å². The number of nitrogens with zero attached hydrogens (tertiary/aromatic N) is 1. The zero-order valence-electron chi connectivity index (χ0n) is 18.3. The van der Waals surface area contributed by atoms with Gasteiger partial charge in [-0.25, -0.2) is 8.42 Å². The van der Waals surface area contributed by atoms with Crippen molar-refractivity contribution in [2.24, 2.45) is 0 Å². The number of amides is 1. The largest absolute Gasteiger partial charge is 0.348 e. The molecule has 1 N–H and O–H groups in total. The van der Waals surface area contributed by atoms with Crippen molar-refractivity contribution in [2.75, 3.05) is 19.3 Å². The third-order valence-corrected chi connectivity index (χ3v) is 7.79. The van der Waals surface area contributed by atoms with Gasteiger partial charge in [0.05, 0.1) is 17.5 Å². The molecule has 3 aromatic carbocycles. The average molecular weight is 469 g/mol. The van der Waals surface area contributed by atoms with Gasteiger partial charge in [-0.1, -0.05) is 60.7 Å². The van der Waals surface area contributed by atoms with E-state index in [2.05, 4.69) is 5.32 Å². The Morgan fingerprint density at radius 3 is 2.12 bits per heavy atom. The molecule has 0 bridgehead atoms. The number of nitrogens with one attached hydrogen (secondary N) is 1. The third-order valence-electron chi connectivity index (χ3n) is 5.19. The molecule has 0 saturated carbocycles. The molecule has 1 amide bonds. The summed E-state index contributed by atoms with van der Waals surface area (Å²) in [7, 11) is -3.81. The molecule has 0 aliphatic rings. The number of hydrogen-bond donors (Lipinski definition) is 1. The van der Waals surface area contributed by atoms with Crippen LogP contribution in [0.25, 0.3) is 0 Å². The Morgan fingerprint density at radius 2 is 1.53 bits per heavy atom. The van der Waals surface area contributed by atoms with Crippen molar-refractivity contribution in [3.8, 4) is 0 Å². The van der Waals surface area contributed by atoms with Gasteiger partial charge in [-0.3, -0.25) is 4.79 Å². The smallest absolute Gasteiger partial charge is 0.243 e. The molecule has 32 heavy (non-hydrogen) atoms. The second-order valence-electron chi connectivity index (χ2n) is 7.45. The number of carbonyl (C=O) groups is 1. The van der Waals surface area contributed by atoms with E-state index in [1.54, 1.807) is 42.1 Å². The molecule has 0 fully saturated rings. The number of rotatable bonds is 10. The van der Waals surface area contributed by atoms with Crippen molar-refractivity contribution in [3.63, 3.8) is 0 Å². The van der Waals surface area contributed by atoms with E-state index >= 15 is 0 Å². The summed E-state index contributed by atoms with van der Waals surface area (Å²) in [5.41, 5.74) is 1.99. The second-order valence-corrected chi connectivity index (χ2v) is 10.3. The van der Waals surface area contributed by atoms with Gasteiger partial charge in [0.15, 0.2) is 0 Å². The van der Waals surface area contributed by atoms with Crippen molar-refractivity contribution in [3.05, 3.63) is 96.1 Å². The molecule has 0 radical (unpaired) electrons. The zero-order chi connectivity index (χ0) is 23.0. The molecule has 0 saturated heterocycles. The molecule has 0 aliphatic carbocycles. The van der Waals surface area contributed by atoms with Crippen LogP contribution >= 0.6 is 11.8 Å². The molecule has 1 unspecified atom stereocenters. The summed E-state index contributed by atoms with van der Waals surface area (Å²) in [4.78, 5) is 14.2. The summed E-state index contributed by atoms with van der Waals surface area (Å²) in [6.45, 7) is 1.87. The highest BCUT2D eigenvalue weighted by atomic mass is 32.2. The summed E-state index contributed by atoms with van der Waals surface area (Å²) in [5, 5.41) is 2.93. The van der Waals surface area contributed by atoms with Crippen LogP contribution in [0.15, 0.2) is 94.7 Å². The Hall–Kier alpha value is -2.61. The normalized spacial score (nSPS) is 12.5. The number of benzene rings is 3. The minimum atomic E-state index is -3.81. The zero-order valence-corrected chi connectivity index (χ0v) is 19.9. The maximum absolute atomic E-state index is 13.3. The van der Waals surface area contributed by atoms with Crippen molar-refractivity contribution < 1.29 is 13.2 Å². The van der Waals surface area contributed by atoms with Gasteiger partial charge in [0.2, 0.25) is 15.9 Å². The van der Waals surface area contributed by atoms with E-state index in [0.717, 1.165) is 16.0 Å². The minimum Gasteiger partial charge on any atom is -0.348 e. The first-order valence-electron chi connectivity index (χ1n) is 10.4. The van der Waals surface area contributed by atoms with Crippen LogP contribution in [0.4, 0.5) is 0 Å². The molecule has 0 aromatic heterocycles. The molecule has 3 aromatic rings. The van der Waals surface area contributed by atoms with Gasteiger partial charge in [0.25, 0.3) is 0 Å². The number of thioether (sulfide) groups is 1. The molecule has 0 spiro atoms. The average Bonchev–Trinajstić information content (AvgIpc) is 2.82. The van der Waals surface area contributed by atoms with Crippen LogP contribution in [0.2, 0.25) is 0 Å². The van der Waals surface area contributed by atoms with Crippen molar-refractivity contribution in [1.82, 2.24) is 9.62 Å².